The van der Waals surface area contributed by atoms with Crippen LogP contribution < -0.4 is 5.43 Å². The third kappa shape index (κ3) is 3.93. The van der Waals surface area contributed by atoms with Gasteiger partial charge in [-0.2, -0.15) is 5.10 Å². The van der Waals surface area contributed by atoms with Crippen molar-refractivity contribution in [2.75, 3.05) is 0 Å². The van der Waals surface area contributed by atoms with Gasteiger partial charge in [0.25, 0.3) is 5.91 Å². The quantitative estimate of drug-likeness (QED) is 0.567. The molecule has 0 aliphatic carbocycles. The number of halogens is 1. The van der Waals surface area contributed by atoms with E-state index in [0.29, 0.717) is 11.1 Å². The van der Waals surface area contributed by atoms with Crippen molar-refractivity contribution in [3.05, 3.63) is 95.8 Å². The zero-order chi connectivity index (χ0) is 16.8. The van der Waals surface area contributed by atoms with E-state index >= 15 is 0 Å². The molecular weight excluding hydrogens is 303 g/mol. The molecule has 0 bridgehead atoms. The first-order valence-corrected chi connectivity index (χ1v) is 7.47. The van der Waals surface area contributed by atoms with Gasteiger partial charge in [0.1, 0.15) is 5.82 Å². The van der Waals surface area contributed by atoms with E-state index in [0.717, 1.165) is 11.1 Å². The predicted molar refractivity (Wildman–Crippen MR) is 93.3 cm³/mol. The highest BCUT2D eigenvalue weighted by atomic mass is 19.1. The summed E-state index contributed by atoms with van der Waals surface area (Å²) in [5.74, 6) is -0.609. The number of hydrogen-bond acceptors (Lipinski definition) is 2. The summed E-state index contributed by atoms with van der Waals surface area (Å²) in [7, 11) is 0. The van der Waals surface area contributed by atoms with Crippen molar-refractivity contribution in [3.8, 4) is 11.1 Å². The lowest BCUT2D eigenvalue weighted by Gasteiger charge is -2.03. The molecule has 1 amide bonds. The van der Waals surface area contributed by atoms with Gasteiger partial charge < -0.3 is 0 Å². The molecule has 3 rings (SSSR count). The van der Waals surface area contributed by atoms with E-state index in [9.17, 15) is 9.18 Å². The van der Waals surface area contributed by atoms with Gasteiger partial charge in [0.2, 0.25) is 0 Å². The first-order chi connectivity index (χ1) is 11.7. The van der Waals surface area contributed by atoms with Gasteiger partial charge in [-0.25, -0.2) is 9.82 Å². The van der Waals surface area contributed by atoms with Crippen LogP contribution in [0, 0.1) is 5.82 Å². The zero-order valence-electron chi connectivity index (χ0n) is 12.8. The molecule has 0 aliphatic rings. The molecular formula is C20H15FN2O. The molecule has 0 heterocycles. The standard InChI is InChI=1S/C20H15FN2O/c21-19-12-6-15(7-13-19)14-22-23-20(24)18-10-8-17(9-11-18)16-4-2-1-3-5-16/h1-14H,(H,23,24)/b22-14+. The summed E-state index contributed by atoms with van der Waals surface area (Å²) in [6.07, 6.45) is 1.47. The van der Waals surface area contributed by atoms with Crippen molar-refractivity contribution in [1.82, 2.24) is 5.43 Å². The van der Waals surface area contributed by atoms with Crippen molar-refractivity contribution >= 4 is 12.1 Å². The molecule has 0 saturated heterocycles. The topological polar surface area (TPSA) is 41.5 Å². The van der Waals surface area contributed by atoms with Crippen LogP contribution >= 0.6 is 0 Å². The van der Waals surface area contributed by atoms with Crippen LogP contribution in [0.15, 0.2) is 84.0 Å². The average molecular weight is 318 g/mol. The first-order valence-electron chi connectivity index (χ1n) is 7.47. The normalized spacial score (nSPS) is 10.7. The fraction of sp³-hybridized carbons (Fsp3) is 0. The summed E-state index contributed by atoms with van der Waals surface area (Å²) in [5.41, 5.74) is 5.82. The summed E-state index contributed by atoms with van der Waals surface area (Å²) < 4.78 is 12.8. The van der Waals surface area contributed by atoms with E-state index in [1.165, 1.54) is 18.3 Å². The number of hydrazone groups is 1. The molecule has 3 nitrogen and oxygen atoms in total. The summed E-state index contributed by atoms with van der Waals surface area (Å²) >= 11 is 0. The fourth-order valence-electron chi connectivity index (χ4n) is 2.22. The maximum atomic E-state index is 12.8. The summed E-state index contributed by atoms with van der Waals surface area (Å²) in [5, 5.41) is 3.88. The van der Waals surface area contributed by atoms with E-state index in [1.807, 2.05) is 42.5 Å². The molecule has 0 aromatic heterocycles. The number of nitrogens with zero attached hydrogens (tertiary/aromatic N) is 1. The Balaban J connectivity index is 1.64. The smallest absolute Gasteiger partial charge is 0.267 e. The van der Waals surface area contributed by atoms with Gasteiger partial charge in [-0.05, 0) is 41.0 Å². The molecule has 1 N–H and O–H groups in total. The minimum Gasteiger partial charge on any atom is -0.267 e. The van der Waals surface area contributed by atoms with Crippen molar-refractivity contribution in [3.63, 3.8) is 0 Å². The van der Waals surface area contributed by atoms with Crippen LogP contribution in [-0.2, 0) is 0 Å². The fourth-order valence-corrected chi connectivity index (χ4v) is 2.22. The van der Waals surface area contributed by atoms with Crippen molar-refractivity contribution < 1.29 is 9.18 Å². The molecule has 4 heteroatoms. The highest BCUT2D eigenvalue weighted by molar-refractivity contribution is 5.95. The first kappa shape index (κ1) is 15.6. The molecule has 3 aromatic rings. The highest BCUT2D eigenvalue weighted by Crippen LogP contribution is 2.19. The lowest BCUT2D eigenvalue weighted by Crippen LogP contribution is -2.17. The number of carbonyl (C=O) groups is 1. The average Bonchev–Trinajstić information content (AvgIpc) is 2.64. The number of nitrogens with one attached hydrogen (secondary N) is 1. The molecule has 118 valence electrons. The van der Waals surface area contributed by atoms with Crippen LogP contribution in [0.2, 0.25) is 0 Å². The van der Waals surface area contributed by atoms with Crippen LogP contribution in [-0.4, -0.2) is 12.1 Å². The molecule has 24 heavy (non-hydrogen) atoms. The monoisotopic (exact) mass is 318 g/mol. The van der Waals surface area contributed by atoms with Gasteiger partial charge in [0, 0.05) is 5.56 Å². The van der Waals surface area contributed by atoms with Crippen LogP contribution in [0.4, 0.5) is 4.39 Å². The van der Waals surface area contributed by atoms with Crippen molar-refractivity contribution in [2.24, 2.45) is 5.10 Å². The Hall–Kier alpha value is -3.27. The molecule has 0 atom stereocenters. The number of rotatable bonds is 4. The third-order valence-electron chi connectivity index (χ3n) is 3.50. The third-order valence-corrected chi connectivity index (χ3v) is 3.50. The summed E-state index contributed by atoms with van der Waals surface area (Å²) in [6.45, 7) is 0. The number of hydrogen-bond donors (Lipinski definition) is 1. The number of carbonyl (C=O) groups excluding carboxylic acids is 1. The second kappa shape index (κ2) is 7.33. The van der Waals surface area contributed by atoms with Gasteiger partial charge in [0.05, 0.1) is 6.21 Å². The predicted octanol–water partition coefficient (Wildman–Crippen LogP) is 4.26. The molecule has 0 spiro atoms. The Labute approximate surface area is 139 Å². The van der Waals surface area contributed by atoms with Gasteiger partial charge in [-0.15, -0.1) is 0 Å². The van der Waals surface area contributed by atoms with E-state index < -0.39 is 0 Å². The van der Waals surface area contributed by atoms with Crippen LogP contribution in [0.5, 0.6) is 0 Å². The lowest BCUT2D eigenvalue weighted by molar-refractivity contribution is 0.0955. The van der Waals surface area contributed by atoms with Crippen LogP contribution in [0.25, 0.3) is 11.1 Å². The van der Waals surface area contributed by atoms with Crippen LogP contribution in [0.1, 0.15) is 15.9 Å². The molecule has 0 aliphatic heterocycles. The Morgan fingerprint density at radius 3 is 2.12 bits per heavy atom. The maximum Gasteiger partial charge on any atom is 0.271 e. The zero-order valence-corrected chi connectivity index (χ0v) is 12.8. The molecule has 0 unspecified atom stereocenters. The van der Waals surface area contributed by atoms with Gasteiger partial charge in [-0.3, -0.25) is 4.79 Å². The Bertz CT molecular complexity index is 841. The molecule has 0 fully saturated rings. The second-order valence-corrected chi connectivity index (χ2v) is 5.19. The minimum atomic E-state index is -0.310. The Morgan fingerprint density at radius 2 is 1.46 bits per heavy atom. The minimum absolute atomic E-state index is 0.298. The summed E-state index contributed by atoms with van der Waals surface area (Å²) in [4.78, 5) is 12.1. The molecule has 0 radical (unpaired) electrons. The SMILES string of the molecule is O=C(N/N=C/c1ccc(F)cc1)c1ccc(-c2ccccc2)cc1. The van der Waals surface area contributed by atoms with Gasteiger partial charge in [-0.1, -0.05) is 54.6 Å². The number of amides is 1. The molecule has 3 aromatic carbocycles. The summed E-state index contributed by atoms with van der Waals surface area (Å²) in [6, 6.07) is 23.1. The number of benzene rings is 3. The van der Waals surface area contributed by atoms with Crippen LogP contribution in [0.3, 0.4) is 0 Å². The maximum absolute atomic E-state index is 12.8. The Morgan fingerprint density at radius 1 is 0.833 bits per heavy atom. The van der Waals surface area contributed by atoms with E-state index in [2.05, 4.69) is 10.5 Å². The van der Waals surface area contributed by atoms with Gasteiger partial charge >= 0.3 is 0 Å². The van der Waals surface area contributed by atoms with Crippen molar-refractivity contribution in [2.45, 2.75) is 0 Å². The van der Waals surface area contributed by atoms with E-state index in [4.69, 9.17) is 0 Å². The largest absolute Gasteiger partial charge is 0.271 e. The highest BCUT2D eigenvalue weighted by Gasteiger charge is 2.04. The molecule has 0 saturated carbocycles. The Kier molecular flexibility index (Phi) is 4.77. The van der Waals surface area contributed by atoms with E-state index in [1.54, 1.807) is 24.3 Å². The van der Waals surface area contributed by atoms with E-state index in [-0.39, 0.29) is 11.7 Å². The van der Waals surface area contributed by atoms with Gasteiger partial charge in [0.15, 0.2) is 0 Å². The van der Waals surface area contributed by atoms with Crippen molar-refractivity contribution in [1.29, 1.82) is 0 Å². The lowest BCUT2D eigenvalue weighted by atomic mass is 10.0. The second-order valence-electron chi connectivity index (χ2n) is 5.19.